The van der Waals surface area contributed by atoms with Crippen molar-refractivity contribution >= 4 is 58.4 Å². The van der Waals surface area contributed by atoms with Crippen LogP contribution >= 0.6 is 46.6 Å². The second-order valence-electron chi connectivity index (χ2n) is 6.54. The monoisotopic (exact) mass is 513 g/mol. The molecule has 0 bridgehead atoms. The van der Waals surface area contributed by atoms with Gasteiger partial charge in [-0.15, -0.1) is 10.2 Å². The molecule has 0 saturated heterocycles. The quantitative estimate of drug-likeness (QED) is 0.426. The van der Waals surface area contributed by atoms with Gasteiger partial charge in [0.15, 0.2) is 5.78 Å². The molecule has 32 heavy (non-hydrogen) atoms. The lowest BCUT2D eigenvalue weighted by Crippen LogP contribution is -2.42. The first kappa shape index (κ1) is 24.3. The number of ether oxygens (including phenoxy) is 1. The van der Waals surface area contributed by atoms with Gasteiger partial charge in [0, 0.05) is 5.02 Å². The van der Waals surface area contributed by atoms with E-state index in [9.17, 15) is 9.59 Å². The van der Waals surface area contributed by atoms with Gasteiger partial charge < -0.3 is 10.1 Å². The lowest BCUT2D eigenvalue weighted by Gasteiger charge is -2.15. The zero-order chi connectivity index (χ0) is 23.1. The zero-order valence-corrected chi connectivity index (χ0v) is 19.9. The van der Waals surface area contributed by atoms with Crippen molar-refractivity contribution < 1.29 is 14.3 Å². The maximum absolute atomic E-state index is 12.6. The molecule has 12 heteroatoms. The molecule has 1 atom stereocenters. The van der Waals surface area contributed by atoms with Crippen molar-refractivity contribution in [2.75, 3.05) is 0 Å². The number of rotatable bonds is 9. The minimum Gasteiger partial charge on any atom is -0.445 e. The molecular weight excluding hydrogens is 497 g/mol. The van der Waals surface area contributed by atoms with E-state index >= 15 is 0 Å². The van der Waals surface area contributed by atoms with Gasteiger partial charge in [-0.3, -0.25) is 4.79 Å². The maximum Gasteiger partial charge on any atom is 0.408 e. The summed E-state index contributed by atoms with van der Waals surface area (Å²) in [6.07, 6.45) is -0.296. The number of tetrazole rings is 1. The molecule has 0 radical (unpaired) electrons. The minimum absolute atomic E-state index is 0.109. The number of nitrogens with one attached hydrogen (secondary N) is 1. The van der Waals surface area contributed by atoms with Crippen LogP contribution in [-0.4, -0.2) is 38.1 Å². The van der Waals surface area contributed by atoms with E-state index in [1.54, 1.807) is 19.1 Å². The summed E-state index contributed by atoms with van der Waals surface area (Å²) in [5, 5.41) is 15.9. The van der Waals surface area contributed by atoms with Gasteiger partial charge in [-0.25, -0.2) is 4.79 Å². The zero-order valence-electron chi connectivity index (χ0n) is 16.8. The van der Waals surface area contributed by atoms with Crippen molar-refractivity contribution in [2.24, 2.45) is 0 Å². The number of Topliss-reactive ketones (excluding diaryl/α,β-unsaturated/α-hetero) is 1. The predicted octanol–water partition coefficient (Wildman–Crippen LogP) is 5.06. The summed E-state index contributed by atoms with van der Waals surface area (Å²) in [6, 6.07) is 11.6. The van der Waals surface area contributed by atoms with Crippen molar-refractivity contribution in [2.45, 2.75) is 42.6 Å². The summed E-state index contributed by atoms with van der Waals surface area (Å²) in [4.78, 5) is 26.3. The van der Waals surface area contributed by atoms with E-state index in [4.69, 9.17) is 39.5 Å². The van der Waals surface area contributed by atoms with Gasteiger partial charge in [-0.05, 0) is 41.1 Å². The van der Waals surface area contributed by atoms with Crippen LogP contribution in [0.4, 0.5) is 4.79 Å². The van der Waals surface area contributed by atoms with Crippen LogP contribution in [0.5, 0.6) is 0 Å². The number of benzene rings is 2. The molecule has 0 aliphatic heterocycles. The van der Waals surface area contributed by atoms with Crippen LogP contribution in [0.3, 0.4) is 0 Å². The molecule has 0 aliphatic carbocycles. The number of ketones is 1. The Balaban J connectivity index is 1.55. The van der Waals surface area contributed by atoms with Gasteiger partial charge in [0.2, 0.25) is 5.16 Å². The number of hydrogen-bond acceptors (Lipinski definition) is 7. The van der Waals surface area contributed by atoms with Crippen LogP contribution in [-0.2, 0) is 22.7 Å². The van der Waals surface area contributed by atoms with E-state index in [0.29, 0.717) is 26.4 Å². The number of nitrogens with zero attached hydrogens (tertiary/aromatic N) is 4. The first-order chi connectivity index (χ1) is 15.4. The lowest BCUT2D eigenvalue weighted by atomic mass is 10.1. The number of aromatic nitrogens is 4. The molecule has 0 aliphatic rings. The molecule has 1 aromatic heterocycles. The van der Waals surface area contributed by atoms with Gasteiger partial charge >= 0.3 is 6.09 Å². The highest BCUT2D eigenvalue weighted by atomic mass is 35.5. The Hall–Kier alpha value is -2.33. The maximum atomic E-state index is 12.6. The number of carbonyl (C=O) groups excluding carboxylic acids is 2. The standard InChI is InChI=1S/C20H18Cl3N5O3S/c1-2-16(24-20(30)31-11-12-6-4-3-5-7-12)17(29)10-28-26-19(25-27-28)32-18-14(22)8-13(21)9-15(18)23/h3-9,16H,2,10-11H2,1H3,(H,24,30). The van der Waals surface area contributed by atoms with Crippen molar-refractivity contribution in [1.82, 2.24) is 25.5 Å². The normalized spacial score (nSPS) is 11.8. The predicted molar refractivity (Wildman–Crippen MR) is 122 cm³/mol. The van der Waals surface area contributed by atoms with E-state index in [2.05, 4.69) is 20.7 Å². The van der Waals surface area contributed by atoms with Crippen molar-refractivity contribution in [3.8, 4) is 0 Å². The van der Waals surface area contributed by atoms with Gasteiger partial charge in [0.1, 0.15) is 13.2 Å². The largest absolute Gasteiger partial charge is 0.445 e. The first-order valence-electron chi connectivity index (χ1n) is 9.45. The van der Waals surface area contributed by atoms with E-state index < -0.39 is 12.1 Å². The Morgan fingerprint density at radius 3 is 2.50 bits per heavy atom. The fraction of sp³-hybridized carbons (Fsp3) is 0.250. The molecule has 0 spiro atoms. The second kappa shape index (κ2) is 11.5. The molecule has 1 unspecified atom stereocenters. The summed E-state index contributed by atoms with van der Waals surface area (Å²) in [6.45, 7) is 1.71. The number of carbonyl (C=O) groups is 2. The van der Waals surface area contributed by atoms with Crippen LogP contribution in [0.2, 0.25) is 15.1 Å². The number of halogens is 3. The fourth-order valence-electron chi connectivity index (χ4n) is 2.62. The Bertz CT molecular complexity index is 1070. The molecule has 1 amide bonds. The van der Waals surface area contributed by atoms with E-state index in [-0.39, 0.29) is 24.1 Å². The van der Waals surface area contributed by atoms with Crippen molar-refractivity contribution in [3.05, 3.63) is 63.1 Å². The molecule has 3 aromatic rings. The summed E-state index contributed by atoms with van der Waals surface area (Å²) in [5.41, 5.74) is 0.847. The Morgan fingerprint density at radius 2 is 1.84 bits per heavy atom. The topological polar surface area (TPSA) is 99.0 Å². The van der Waals surface area contributed by atoms with Crippen LogP contribution < -0.4 is 5.32 Å². The molecular formula is C20H18Cl3N5O3S. The molecule has 0 saturated carbocycles. The second-order valence-corrected chi connectivity index (χ2v) is 8.76. The van der Waals surface area contributed by atoms with Gasteiger partial charge in [-0.2, -0.15) is 4.80 Å². The minimum atomic E-state index is -0.750. The fourth-order valence-corrected chi connectivity index (χ4v) is 4.38. The SMILES string of the molecule is CCC(NC(=O)OCc1ccccc1)C(=O)Cn1nnc(Sc2c(Cl)cc(Cl)cc2Cl)n1. The van der Waals surface area contributed by atoms with Crippen LogP contribution in [0, 0.1) is 0 Å². The highest BCUT2D eigenvalue weighted by molar-refractivity contribution is 7.99. The first-order valence-corrected chi connectivity index (χ1v) is 11.4. The van der Waals surface area contributed by atoms with Crippen molar-refractivity contribution in [1.29, 1.82) is 0 Å². The van der Waals surface area contributed by atoms with Crippen molar-refractivity contribution in [3.63, 3.8) is 0 Å². The van der Waals surface area contributed by atoms with Gasteiger partial charge in [-0.1, -0.05) is 72.1 Å². The lowest BCUT2D eigenvalue weighted by molar-refractivity contribution is -0.122. The smallest absolute Gasteiger partial charge is 0.408 e. The third kappa shape index (κ3) is 6.83. The third-order valence-electron chi connectivity index (χ3n) is 4.19. The van der Waals surface area contributed by atoms with Gasteiger partial charge in [0.05, 0.1) is 21.0 Å². The number of alkyl carbamates (subject to hydrolysis) is 1. The summed E-state index contributed by atoms with van der Waals surface area (Å²) in [7, 11) is 0. The van der Waals surface area contributed by atoms with Gasteiger partial charge in [0.25, 0.3) is 0 Å². The molecule has 3 rings (SSSR count). The number of amides is 1. The summed E-state index contributed by atoms with van der Waals surface area (Å²) < 4.78 is 5.17. The number of hydrogen-bond donors (Lipinski definition) is 1. The molecule has 1 heterocycles. The molecule has 168 valence electrons. The highest BCUT2D eigenvalue weighted by Crippen LogP contribution is 2.38. The summed E-state index contributed by atoms with van der Waals surface area (Å²) in [5.74, 6) is -0.291. The Labute approximate surface area is 203 Å². The average molecular weight is 515 g/mol. The van der Waals surface area contributed by atoms with Crippen LogP contribution in [0.15, 0.2) is 52.5 Å². The highest BCUT2D eigenvalue weighted by Gasteiger charge is 2.21. The van der Waals surface area contributed by atoms with Crippen LogP contribution in [0.1, 0.15) is 18.9 Å². The molecule has 1 N–H and O–H groups in total. The summed E-state index contributed by atoms with van der Waals surface area (Å²) >= 11 is 19.4. The molecule has 2 aromatic carbocycles. The molecule has 8 nitrogen and oxygen atoms in total. The Morgan fingerprint density at radius 1 is 1.16 bits per heavy atom. The Kier molecular flexibility index (Phi) is 8.75. The molecule has 0 fully saturated rings. The van der Waals surface area contributed by atoms with Crippen LogP contribution in [0.25, 0.3) is 0 Å². The van der Waals surface area contributed by atoms with E-state index in [1.807, 2.05) is 30.3 Å². The van der Waals surface area contributed by atoms with E-state index in [1.165, 1.54) is 0 Å². The average Bonchev–Trinajstić information content (AvgIpc) is 3.20. The van der Waals surface area contributed by atoms with E-state index in [0.717, 1.165) is 22.1 Å². The third-order valence-corrected chi connectivity index (χ3v) is 6.22.